The highest BCUT2D eigenvalue weighted by molar-refractivity contribution is 14.1. The zero-order chi connectivity index (χ0) is 10.1. The highest BCUT2D eigenvalue weighted by Crippen LogP contribution is 2.33. The van der Waals surface area contributed by atoms with Gasteiger partial charge < -0.3 is 4.74 Å². The minimum Gasteiger partial charge on any atom is -0.496 e. The van der Waals surface area contributed by atoms with Crippen molar-refractivity contribution in [3.63, 3.8) is 0 Å². The molecule has 1 nitrogen and oxygen atoms in total. The third-order valence-electron chi connectivity index (χ3n) is 2.03. The maximum Gasteiger partial charge on any atom is 0.123 e. The summed E-state index contributed by atoms with van der Waals surface area (Å²) in [5, 5.41) is 2.10. The van der Waals surface area contributed by atoms with Gasteiger partial charge in [0.2, 0.25) is 0 Å². The van der Waals surface area contributed by atoms with Crippen molar-refractivity contribution in [1.82, 2.24) is 0 Å². The number of methoxy groups -OCH3 is 1. The molecule has 0 aliphatic rings. The molecule has 0 bridgehead atoms. The molecule has 2 aromatic rings. The van der Waals surface area contributed by atoms with Crippen LogP contribution in [0.4, 0.5) is 0 Å². The van der Waals surface area contributed by atoms with E-state index < -0.39 is 0 Å². The molecule has 0 unspecified atom stereocenters. The van der Waals surface area contributed by atoms with Crippen molar-refractivity contribution >= 4 is 59.9 Å². The minimum atomic E-state index is 0.834. The van der Waals surface area contributed by atoms with Gasteiger partial charge in [0.25, 0.3) is 0 Å². The summed E-state index contributed by atoms with van der Waals surface area (Å²) in [4.78, 5) is 0. The number of hydrogen-bond donors (Lipinski definition) is 0. The maximum absolute atomic E-state index is 5.33. The number of rotatable bonds is 2. The summed E-state index contributed by atoms with van der Waals surface area (Å²) in [7, 11) is 1.71. The van der Waals surface area contributed by atoms with Crippen LogP contribution in [0.25, 0.3) is 10.1 Å². The first-order valence-corrected chi connectivity index (χ1v) is 7.08. The molecule has 1 aromatic heterocycles. The summed E-state index contributed by atoms with van der Waals surface area (Å²) in [5.41, 5.74) is 1.21. The van der Waals surface area contributed by atoms with Crippen LogP contribution in [0.15, 0.2) is 18.2 Å². The minimum absolute atomic E-state index is 0.834. The van der Waals surface area contributed by atoms with Gasteiger partial charge >= 0.3 is 0 Å². The number of ether oxygens (including phenoxy) is 1. The van der Waals surface area contributed by atoms with Crippen LogP contribution in [0.1, 0.15) is 5.56 Å². The quantitative estimate of drug-likeness (QED) is 0.552. The largest absolute Gasteiger partial charge is 0.496 e. The van der Waals surface area contributed by atoms with Crippen LogP contribution in [-0.2, 0) is 5.33 Å². The molecule has 0 N–H and O–H groups in total. The van der Waals surface area contributed by atoms with E-state index in [1.807, 2.05) is 11.3 Å². The molecule has 0 fully saturated rings. The molecule has 0 spiro atoms. The first kappa shape index (κ1) is 10.7. The number of thiophene rings is 1. The average Bonchev–Trinajstić information content (AvgIpc) is 2.54. The smallest absolute Gasteiger partial charge is 0.123 e. The number of fused-ring (bicyclic) bond motifs is 1. The van der Waals surface area contributed by atoms with Gasteiger partial charge in [-0.25, -0.2) is 0 Å². The van der Waals surface area contributed by atoms with Gasteiger partial charge in [-0.1, -0.05) is 15.9 Å². The summed E-state index contributed by atoms with van der Waals surface area (Å²) in [5.74, 6) is 0.962. The lowest BCUT2D eigenvalue weighted by atomic mass is 10.2. The van der Waals surface area contributed by atoms with Crippen molar-refractivity contribution in [1.29, 1.82) is 0 Å². The molecule has 1 heterocycles. The molecule has 0 radical (unpaired) electrons. The summed E-state index contributed by atoms with van der Waals surface area (Å²) in [6.07, 6.45) is 0. The van der Waals surface area contributed by atoms with E-state index in [2.05, 4.69) is 56.7 Å². The molecule has 0 atom stereocenters. The summed E-state index contributed by atoms with van der Waals surface area (Å²) in [6, 6.07) is 6.47. The molecule has 14 heavy (non-hydrogen) atoms. The van der Waals surface area contributed by atoms with Crippen LogP contribution < -0.4 is 4.74 Å². The van der Waals surface area contributed by atoms with Crippen molar-refractivity contribution in [2.75, 3.05) is 7.11 Å². The van der Waals surface area contributed by atoms with E-state index in [1.165, 1.54) is 18.5 Å². The molecular weight excluding hydrogens is 375 g/mol. The second-order valence-corrected chi connectivity index (χ2v) is 6.42. The zero-order valence-corrected chi connectivity index (χ0v) is 12.1. The van der Waals surface area contributed by atoms with Gasteiger partial charge in [-0.05, 0) is 46.2 Å². The van der Waals surface area contributed by atoms with Crippen molar-refractivity contribution in [2.24, 2.45) is 0 Å². The zero-order valence-electron chi connectivity index (χ0n) is 7.51. The van der Waals surface area contributed by atoms with Gasteiger partial charge in [0, 0.05) is 15.6 Å². The van der Waals surface area contributed by atoms with E-state index >= 15 is 0 Å². The molecule has 0 saturated heterocycles. The fourth-order valence-corrected chi connectivity index (χ4v) is 3.69. The lowest BCUT2D eigenvalue weighted by Crippen LogP contribution is -1.88. The van der Waals surface area contributed by atoms with Crippen LogP contribution in [0.5, 0.6) is 5.75 Å². The molecule has 0 amide bonds. The normalized spacial score (nSPS) is 10.8. The van der Waals surface area contributed by atoms with Crippen molar-refractivity contribution < 1.29 is 4.74 Å². The van der Waals surface area contributed by atoms with Crippen LogP contribution in [0.2, 0.25) is 0 Å². The second kappa shape index (κ2) is 4.37. The Bertz CT molecular complexity index is 425. The lowest BCUT2D eigenvalue weighted by molar-refractivity contribution is 0.412. The van der Waals surface area contributed by atoms with Crippen molar-refractivity contribution in [3.8, 4) is 5.75 Å². The van der Waals surface area contributed by atoms with Crippen LogP contribution in [-0.4, -0.2) is 7.11 Å². The Morgan fingerprint density at radius 2 is 2.21 bits per heavy atom. The molecule has 0 aliphatic carbocycles. The van der Waals surface area contributed by atoms with Crippen LogP contribution in [0, 0.1) is 2.88 Å². The fourth-order valence-electron chi connectivity index (χ4n) is 1.37. The maximum atomic E-state index is 5.33. The summed E-state index contributed by atoms with van der Waals surface area (Å²) < 4.78 is 7.96. The Balaban J connectivity index is 2.68. The van der Waals surface area contributed by atoms with Gasteiger partial charge in [0.05, 0.1) is 9.99 Å². The average molecular weight is 383 g/mol. The lowest BCUT2D eigenvalue weighted by Gasteiger charge is -2.05. The van der Waals surface area contributed by atoms with Gasteiger partial charge in [-0.15, -0.1) is 11.3 Å². The highest BCUT2D eigenvalue weighted by Gasteiger charge is 2.06. The first-order chi connectivity index (χ1) is 6.74. The Hall–Kier alpha value is 0.190. The van der Waals surface area contributed by atoms with Gasteiger partial charge in [-0.3, -0.25) is 0 Å². The number of benzene rings is 1. The van der Waals surface area contributed by atoms with Gasteiger partial charge in [0.15, 0.2) is 0 Å². The molecule has 2 rings (SSSR count). The Morgan fingerprint density at radius 1 is 1.43 bits per heavy atom. The number of halogens is 2. The van der Waals surface area contributed by atoms with E-state index in [0.717, 1.165) is 11.1 Å². The molecule has 1 aromatic carbocycles. The molecule has 0 saturated carbocycles. The molecule has 74 valence electrons. The Kier molecular flexibility index (Phi) is 3.34. The molecule has 4 heteroatoms. The third kappa shape index (κ3) is 1.92. The predicted molar refractivity (Wildman–Crippen MR) is 73.7 cm³/mol. The van der Waals surface area contributed by atoms with Crippen molar-refractivity contribution in [2.45, 2.75) is 5.33 Å². The topological polar surface area (TPSA) is 9.23 Å². The van der Waals surface area contributed by atoms with Gasteiger partial charge in [0.1, 0.15) is 5.75 Å². The predicted octanol–water partition coefficient (Wildman–Crippen LogP) is 4.41. The summed E-state index contributed by atoms with van der Waals surface area (Å²) >= 11 is 7.62. The van der Waals surface area contributed by atoms with E-state index in [-0.39, 0.29) is 0 Å². The van der Waals surface area contributed by atoms with E-state index in [0.29, 0.717) is 0 Å². The van der Waals surface area contributed by atoms with E-state index in [1.54, 1.807) is 7.11 Å². The van der Waals surface area contributed by atoms with Crippen LogP contribution in [0.3, 0.4) is 0 Å². The molecular formula is C10H8BrIOS. The standard InChI is InChI=1S/C10H8BrIOS/c1-13-8-2-6-4-10(12)14-9(6)3-7(8)5-11/h2-4H,5H2,1H3. The van der Waals surface area contributed by atoms with Crippen LogP contribution >= 0.6 is 49.9 Å². The first-order valence-electron chi connectivity index (χ1n) is 4.06. The highest BCUT2D eigenvalue weighted by atomic mass is 127. The number of hydrogen-bond acceptors (Lipinski definition) is 2. The van der Waals surface area contributed by atoms with E-state index in [9.17, 15) is 0 Å². The number of alkyl halides is 1. The monoisotopic (exact) mass is 382 g/mol. The van der Waals surface area contributed by atoms with E-state index in [4.69, 9.17) is 4.74 Å². The SMILES string of the molecule is COc1cc2cc(I)sc2cc1CBr. The second-order valence-electron chi connectivity index (χ2n) is 2.89. The summed E-state index contributed by atoms with van der Waals surface area (Å²) in [6.45, 7) is 0. The van der Waals surface area contributed by atoms with Crippen molar-refractivity contribution in [3.05, 3.63) is 26.6 Å². The third-order valence-corrected chi connectivity index (χ3v) is 4.50. The van der Waals surface area contributed by atoms with Gasteiger partial charge in [-0.2, -0.15) is 0 Å². The fraction of sp³-hybridized carbons (Fsp3) is 0.200. The Labute approximate surface area is 109 Å². The molecule has 0 aliphatic heterocycles. The Morgan fingerprint density at radius 3 is 2.86 bits per heavy atom.